The summed E-state index contributed by atoms with van der Waals surface area (Å²) in [6.07, 6.45) is 0.499. The number of carbonyl (C=O) groups is 1. The molecule has 0 radical (unpaired) electrons. The molecule has 9 heteroatoms. The molecule has 1 unspecified atom stereocenters. The minimum Gasteiger partial charge on any atom is -0.501 e. The van der Waals surface area contributed by atoms with Crippen molar-refractivity contribution in [2.75, 3.05) is 19.8 Å². The highest BCUT2D eigenvalue weighted by Gasteiger charge is 2.33. The molecule has 1 amide bonds. The molecule has 1 aromatic carbocycles. The van der Waals surface area contributed by atoms with Crippen LogP contribution < -0.4 is 11.2 Å². The number of nitrogens with zero attached hydrogens (tertiary/aromatic N) is 3. The smallest absolute Gasteiger partial charge is 0.332 e. The van der Waals surface area contributed by atoms with E-state index >= 15 is 0 Å². The molecule has 1 atom stereocenters. The average molecular weight is 375 g/mol. The summed E-state index contributed by atoms with van der Waals surface area (Å²) in [5.41, 5.74) is -1.08. The fraction of sp³-hybridized carbons (Fsp3) is 0.389. The van der Waals surface area contributed by atoms with Crippen molar-refractivity contribution < 1.29 is 19.0 Å². The summed E-state index contributed by atoms with van der Waals surface area (Å²) in [6.45, 7) is 1.23. The molecule has 0 saturated carbocycles. The quantitative estimate of drug-likeness (QED) is 0.842. The van der Waals surface area contributed by atoms with E-state index in [0.717, 1.165) is 9.13 Å². The number of carbonyl (C=O) groups excluding carboxylic acids is 1. The molecular weight excluding hydrogens is 357 g/mol. The molecule has 1 saturated heterocycles. The minimum atomic E-state index is -0.876. The minimum absolute atomic E-state index is 0.155. The van der Waals surface area contributed by atoms with E-state index in [-0.39, 0.29) is 37.8 Å². The lowest BCUT2D eigenvalue weighted by Gasteiger charge is -2.30. The third-order valence-electron chi connectivity index (χ3n) is 4.99. The maximum Gasteiger partial charge on any atom is 0.332 e. The standard InChI is InChI=1S/C18H18FN3O5/c19-12-3-1-11(2-4-12)9-20-6-7-21-14(16(20)24)15(23)17(25)22(18(21)26)13-5-8-27-10-13/h1-4,13,23H,5-10H2. The summed E-state index contributed by atoms with van der Waals surface area (Å²) >= 11 is 0. The zero-order chi connectivity index (χ0) is 19.1. The Labute approximate surface area is 153 Å². The van der Waals surface area contributed by atoms with Crippen molar-refractivity contribution in [2.45, 2.75) is 25.6 Å². The van der Waals surface area contributed by atoms with Crippen LogP contribution in [0.1, 0.15) is 28.5 Å². The van der Waals surface area contributed by atoms with Gasteiger partial charge in [-0.2, -0.15) is 0 Å². The molecule has 2 aliphatic rings. The Kier molecular flexibility index (Phi) is 4.31. The number of ether oxygens (including phenoxy) is 1. The van der Waals surface area contributed by atoms with Gasteiger partial charge in [0.2, 0.25) is 5.75 Å². The maximum atomic E-state index is 13.0. The van der Waals surface area contributed by atoms with Crippen molar-refractivity contribution in [3.8, 4) is 5.75 Å². The predicted octanol–water partition coefficient (Wildman–Crippen LogP) is 0.472. The normalized spacial score (nSPS) is 19.4. The highest BCUT2D eigenvalue weighted by atomic mass is 19.1. The van der Waals surface area contributed by atoms with E-state index in [1.54, 1.807) is 12.1 Å². The molecule has 1 N–H and O–H groups in total. The van der Waals surface area contributed by atoms with Gasteiger partial charge in [-0.3, -0.25) is 18.7 Å². The van der Waals surface area contributed by atoms with Crippen LogP contribution >= 0.6 is 0 Å². The molecule has 2 aromatic rings. The first kappa shape index (κ1) is 17.5. The Bertz CT molecular complexity index is 1010. The van der Waals surface area contributed by atoms with E-state index in [9.17, 15) is 23.9 Å². The first-order valence-corrected chi connectivity index (χ1v) is 8.67. The monoisotopic (exact) mass is 375 g/mol. The van der Waals surface area contributed by atoms with Gasteiger partial charge in [-0.25, -0.2) is 9.18 Å². The number of hydrogen-bond acceptors (Lipinski definition) is 5. The van der Waals surface area contributed by atoms with Crippen LogP contribution in [0.15, 0.2) is 33.9 Å². The summed E-state index contributed by atoms with van der Waals surface area (Å²) in [5.74, 6) is -1.71. The molecular formula is C18H18FN3O5. The van der Waals surface area contributed by atoms with Gasteiger partial charge in [-0.15, -0.1) is 0 Å². The van der Waals surface area contributed by atoms with Crippen molar-refractivity contribution in [1.82, 2.24) is 14.0 Å². The Hall–Kier alpha value is -2.94. The zero-order valence-electron chi connectivity index (χ0n) is 14.4. The van der Waals surface area contributed by atoms with Gasteiger partial charge < -0.3 is 14.7 Å². The zero-order valence-corrected chi connectivity index (χ0v) is 14.4. The second kappa shape index (κ2) is 6.66. The fourth-order valence-electron chi connectivity index (χ4n) is 3.56. The molecule has 0 aliphatic carbocycles. The van der Waals surface area contributed by atoms with E-state index in [4.69, 9.17) is 4.74 Å². The van der Waals surface area contributed by atoms with Crippen molar-refractivity contribution >= 4 is 5.91 Å². The van der Waals surface area contributed by atoms with E-state index in [0.29, 0.717) is 18.6 Å². The molecule has 0 spiro atoms. The summed E-state index contributed by atoms with van der Waals surface area (Å²) < 4.78 is 20.4. The van der Waals surface area contributed by atoms with Crippen LogP contribution in [-0.2, 0) is 17.8 Å². The fourth-order valence-corrected chi connectivity index (χ4v) is 3.56. The molecule has 0 bridgehead atoms. The van der Waals surface area contributed by atoms with Gasteiger partial charge in [0.1, 0.15) is 5.82 Å². The van der Waals surface area contributed by atoms with Gasteiger partial charge in [-0.1, -0.05) is 12.1 Å². The maximum absolute atomic E-state index is 13.0. The second-order valence-electron chi connectivity index (χ2n) is 6.68. The van der Waals surface area contributed by atoms with E-state index in [1.165, 1.54) is 17.0 Å². The number of benzene rings is 1. The van der Waals surface area contributed by atoms with Crippen LogP contribution in [-0.4, -0.2) is 44.8 Å². The van der Waals surface area contributed by atoms with Gasteiger partial charge in [0, 0.05) is 26.2 Å². The van der Waals surface area contributed by atoms with Crippen LogP contribution in [0.25, 0.3) is 0 Å². The SMILES string of the molecule is O=C1c2c(O)c(=O)n(C3CCOC3)c(=O)n2CCN1Cc1ccc(F)cc1. The number of aromatic nitrogens is 2. The van der Waals surface area contributed by atoms with E-state index in [1.807, 2.05) is 0 Å². The molecule has 27 heavy (non-hydrogen) atoms. The van der Waals surface area contributed by atoms with Crippen molar-refractivity contribution in [1.29, 1.82) is 0 Å². The number of hydrogen-bond donors (Lipinski definition) is 1. The van der Waals surface area contributed by atoms with Gasteiger partial charge >= 0.3 is 5.69 Å². The first-order valence-electron chi connectivity index (χ1n) is 8.67. The summed E-state index contributed by atoms with van der Waals surface area (Å²) in [6, 6.07) is 5.26. The lowest BCUT2D eigenvalue weighted by Crippen LogP contribution is -2.50. The van der Waals surface area contributed by atoms with Crippen LogP contribution in [0.4, 0.5) is 4.39 Å². The summed E-state index contributed by atoms with van der Waals surface area (Å²) in [4.78, 5) is 39.5. The van der Waals surface area contributed by atoms with Crippen LogP contribution in [0.2, 0.25) is 0 Å². The predicted molar refractivity (Wildman–Crippen MR) is 92.2 cm³/mol. The van der Waals surface area contributed by atoms with Crippen molar-refractivity contribution in [3.63, 3.8) is 0 Å². The lowest BCUT2D eigenvalue weighted by atomic mass is 10.1. The third kappa shape index (κ3) is 2.93. The summed E-state index contributed by atoms with van der Waals surface area (Å²) in [5, 5.41) is 10.4. The largest absolute Gasteiger partial charge is 0.501 e. The Balaban J connectivity index is 1.71. The Morgan fingerprint density at radius 2 is 1.89 bits per heavy atom. The number of aromatic hydroxyl groups is 1. The molecule has 2 aliphatic heterocycles. The average Bonchev–Trinajstić information content (AvgIpc) is 3.17. The van der Waals surface area contributed by atoms with Crippen molar-refractivity contribution in [2.24, 2.45) is 0 Å². The van der Waals surface area contributed by atoms with Gasteiger partial charge in [-0.05, 0) is 24.1 Å². The first-order chi connectivity index (χ1) is 13.0. The molecule has 142 valence electrons. The van der Waals surface area contributed by atoms with Gasteiger partial charge in [0.05, 0.1) is 12.6 Å². The number of rotatable bonds is 3. The lowest BCUT2D eigenvalue weighted by molar-refractivity contribution is 0.0676. The van der Waals surface area contributed by atoms with Crippen LogP contribution in [0.3, 0.4) is 0 Å². The number of halogens is 1. The van der Waals surface area contributed by atoms with E-state index < -0.39 is 28.9 Å². The molecule has 3 heterocycles. The van der Waals surface area contributed by atoms with Gasteiger partial charge in [0.25, 0.3) is 11.5 Å². The molecule has 1 fully saturated rings. The molecule has 4 rings (SSSR count). The number of amides is 1. The highest BCUT2D eigenvalue weighted by Crippen LogP contribution is 2.22. The Morgan fingerprint density at radius 3 is 2.56 bits per heavy atom. The summed E-state index contributed by atoms with van der Waals surface area (Å²) in [7, 11) is 0. The molecule has 1 aromatic heterocycles. The highest BCUT2D eigenvalue weighted by molar-refractivity contribution is 5.95. The second-order valence-corrected chi connectivity index (χ2v) is 6.68. The topological polar surface area (TPSA) is 93.8 Å². The molecule has 8 nitrogen and oxygen atoms in total. The van der Waals surface area contributed by atoms with E-state index in [2.05, 4.69) is 0 Å². The van der Waals surface area contributed by atoms with Crippen LogP contribution in [0.5, 0.6) is 5.75 Å². The van der Waals surface area contributed by atoms with Crippen molar-refractivity contribution in [3.05, 3.63) is 62.2 Å². The Morgan fingerprint density at radius 1 is 1.15 bits per heavy atom. The van der Waals surface area contributed by atoms with Gasteiger partial charge in [0.15, 0.2) is 5.69 Å². The van der Waals surface area contributed by atoms with Crippen LogP contribution in [0, 0.1) is 5.82 Å². The number of fused-ring (bicyclic) bond motifs is 1. The third-order valence-corrected chi connectivity index (χ3v) is 4.99.